The Labute approximate surface area is 168 Å². The fourth-order valence-corrected chi connectivity index (χ4v) is 4.65. The molecule has 4 heteroatoms. The van der Waals surface area contributed by atoms with E-state index in [1.54, 1.807) is 0 Å². The van der Waals surface area contributed by atoms with Gasteiger partial charge < -0.3 is 10.6 Å². The first-order valence-corrected chi connectivity index (χ1v) is 10.5. The highest BCUT2D eigenvalue weighted by molar-refractivity contribution is 5.88. The summed E-state index contributed by atoms with van der Waals surface area (Å²) < 4.78 is 0. The normalized spacial score (nSPS) is 20.7. The number of likely N-dealkylation sites (N-methyl/N-ethyl adjacent to an activating group) is 1. The number of hydrogen-bond acceptors (Lipinski definition) is 3. The van der Waals surface area contributed by atoms with Gasteiger partial charge in [-0.2, -0.15) is 0 Å². The van der Waals surface area contributed by atoms with Crippen LogP contribution in [0.15, 0.2) is 54.6 Å². The fraction of sp³-hybridized carbons (Fsp3) is 0.458. The molecule has 148 valence electrons. The van der Waals surface area contributed by atoms with E-state index >= 15 is 0 Å². The zero-order valence-electron chi connectivity index (χ0n) is 16.8. The first-order valence-electron chi connectivity index (χ1n) is 10.5. The van der Waals surface area contributed by atoms with Crippen molar-refractivity contribution in [1.82, 2.24) is 15.5 Å². The summed E-state index contributed by atoms with van der Waals surface area (Å²) in [6.45, 7) is 2.80. The predicted octanol–water partition coefficient (Wildman–Crippen LogP) is 2.57. The first kappa shape index (κ1) is 19.2. The molecular weight excluding hydrogens is 346 g/mol. The number of carbonyl (C=O) groups is 1. The molecule has 2 aliphatic rings. The molecule has 0 spiro atoms. The van der Waals surface area contributed by atoms with E-state index in [0.29, 0.717) is 0 Å². The largest absolute Gasteiger partial charge is 0.350 e. The highest BCUT2D eigenvalue weighted by Crippen LogP contribution is 2.34. The van der Waals surface area contributed by atoms with E-state index < -0.39 is 5.54 Å². The maximum Gasteiger partial charge on any atom is 0.241 e. The number of amides is 1. The molecule has 0 radical (unpaired) electrons. The first-order chi connectivity index (χ1) is 13.7. The van der Waals surface area contributed by atoms with Gasteiger partial charge in [-0.25, -0.2) is 0 Å². The summed E-state index contributed by atoms with van der Waals surface area (Å²) in [6.07, 6.45) is 4.73. The van der Waals surface area contributed by atoms with Gasteiger partial charge in [-0.1, -0.05) is 54.6 Å². The van der Waals surface area contributed by atoms with Crippen LogP contribution < -0.4 is 10.6 Å². The van der Waals surface area contributed by atoms with Crippen LogP contribution in [0.4, 0.5) is 0 Å². The lowest BCUT2D eigenvalue weighted by Gasteiger charge is -2.39. The molecule has 2 aromatic carbocycles. The van der Waals surface area contributed by atoms with Crippen molar-refractivity contribution in [3.8, 4) is 0 Å². The van der Waals surface area contributed by atoms with Gasteiger partial charge in [0.05, 0.1) is 0 Å². The minimum atomic E-state index is -0.490. The molecule has 28 heavy (non-hydrogen) atoms. The SMILES string of the molecule is CN(CCc1ccccc1)C1(C(=O)N[C@H]2CCCNC2)Cc2ccccc2C1. The van der Waals surface area contributed by atoms with Crippen LogP contribution in [0, 0.1) is 0 Å². The van der Waals surface area contributed by atoms with Gasteiger partial charge in [0.2, 0.25) is 5.91 Å². The average Bonchev–Trinajstić information content (AvgIpc) is 3.14. The highest BCUT2D eigenvalue weighted by atomic mass is 16.2. The Morgan fingerprint density at radius 2 is 1.79 bits per heavy atom. The van der Waals surface area contributed by atoms with E-state index in [4.69, 9.17) is 0 Å². The van der Waals surface area contributed by atoms with Crippen molar-refractivity contribution in [2.75, 3.05) is 26.7 Å². The molecule has 2 N–H and O–H groups in total. The molecule has 1 atom stereocenters. The fourth-order valence-electron chi connectivity index (χ4n) is 4.65. The van der Waals surface area contributed by atoms with Gasteiger partial charge in [0.1, 0.15) is 5.54 Å². The van der Waals surface area contributed by atoms with Gasteiger partial charge in [0.15, 0.2) is 0 Å². The molecule has 1 fully saturated rings. The van der Waals surface area contributed by atoms with Crippen LogP contribution in [-0.4, -0.2) is 49.1 Å². The highest BCUT2D eigenvalue weighted by Gasteiger charge is 2.47. The Morgan fingerprint density at radius 1 is 1.11 bits per heavy atom. The Kier molecular flexibility index (Phi) is 5.79. The minimum Gasteiger partial charge on any atom is -0.350 e. The number of carbonyl (C=O) groups excluding carboxylic acids is 1. The van der Waals surface area contributed by atoms with Crippen molar-refractivity contribution < 1.29 is 4.79 Å². The summed E-state index contributed by atoms with van der Waals surface area (Å²) in [7, 11) is 2.12. The van der Waals surface area contributed by atoms with E-state index in [1.165, 1.54) is 16.7 Å². The molecule has 0 aromatic heterocycles. The topological polar surface area (TPSA) is 44.4 Å². The standard InChI is InChI=1S/C24H31N3O/c1-27(15-13-19-8-3-2-4-9-19)24(16-20-10-5-6-11-21(20)17-24)23(28)26-22-12-7-14-25-18-22/h2-6,8-11,22,25H,7,12-18H2,1H3,(H,26,28)/t22-/m0/s1. The lowest BCUT2D eigenvalue weighted by molar-refractivity contribution is -0.133. The van der Waals surface area contributed by atoms with Gasteiger partial charge >= 0.3 is 0 Å². The average molecular weight is 378 g/mol. The second-order valence-corrected chi connectivity index (χ2v) is 8.33. The summed E-state index contributed by atoms with van der Waals surface area (Å²) in [5.41, 5.74) is 3.45. The van der Waals surface area contributed by atoms with Crippen LogP contribution in [0.25, 0.3) is 0 Å². The van der Waals surface area contributed by atoms with Gasteiger partial charge in [-0.3, -0.25) is 9.69 Å². The molecular formula is C24H31N3O. The predicted molar refractivity (Wildman–Crippen MR) is 113 cm³/mol. The molecule has 1 aliphatic heterocycles. The molecule has 1 saturated heterocycles. The summed E-state index contributed by atoms with van der Waals surface area (Å²) in [4.78, 5) is 15.9. The smallest absolute Gasteiger partial charge is 0.241 e. The van der Waals surface area contributed by atoms with Crippen molar-refractivity contribution in [2.24, 2.45) is 0 Å². The van der Waals surface area contributed by atoms with Gasteiger partial charge in [-0.15, -0.1) is 0 Å². The lowest BCUT2D eigenvalue weighted by atomic mass is 9.91. The van der Waals surface area contributed by atoms with Crippen LogP contribution in [-0.2, 0) is 24.1 Å². The van der Waals surface area contributed by atoms with Crippen LogP contribution in [0.2, 0.25) is 0 Å². The van der Waals surface area contributed by atoms with Crippen molar-refractivity contribution >= 4 is 5.91 Å². The third-order valence-corrected chi connectivity index (χ3v) is 6.45. The van der Waals surface area contributed by atoms with Crippen LogP contribution in [0.3, 0.4) is 0 Å². The van der Waals surface area contributed by atoms with E-state index in [1.807, 2.05) is 6.07 Å². The Hall–Kier alpha value is -2.17. The van der Waals surface area contributed by atoms with E-state index in [-0.39, 0.29) is 11.9 Å². The van der Waals surface area contributed by atoms with E-state index in [9.17, 15) is 4.79 Å². The number of rotatable bonds is 6. The maximum absolute atomic E-state index is 13.6. The minimum absolute atomic E-state index is 0.188. The molecule has 0 bridgehead atoms. The molecule has 4 rings (SSSR count). The second-order valence-electron chi connectivity index (χ2n) is 8.33. The lowest BCUT2D eigenvalue weighted by Crippen LogP contribution is -2.61. The van der Waals surface area contributed by atoms with Crippen molar-refractivity contribution in [1.29, 1.82) is 0 Å². The van der Waals surface area contributed by atoms with Gasteiger partial charge in [0, 0.05) is 32.0 Å². The number of nitrogens with zero attached hydrogens (tertiary/aromatic N) is 1. The summed E-state index contributed by atoms with van der Waals surface area (Å²) in [5.74, 6) is 0.188. The van der Waals surface area contributed by atoms with E-state index in [2.05, 4.69) is 71.1 Å². The molecule has 0 saturated carbocycles. The van der Waals surface area contributed by atoms with Gasteiger partial charge in [0.25, 0.3) is 0 Å². The maximum atomic E-state index is 13.6. The molecule has 1 aliphatic carbocycles. The zero-order chi connectivity index (χ0) is 19.4. The van der Waals surface area contributed by atoms with Crippen LogP contribution >= 0.6 is 0 Å². The molecule has 4 nitrogen and oxygen atoms in total. The van der Waals surface area contributed by atoms with E-state index in [0.717, 1.165) is 51.7 Å². The number of hydrogen-bond donors (Lipinski definition) is 2. The van der Waals surface area contributed by atoms with Crippen molar-refractivity contribution in [3.05, 3.63) is 71.3 Å². The molecule has 0 unspecified atom stereocenters. The Balaban J connectivity index is 1.52. The molecule has 1 amide bonds. The third-order valence-electron chi connectivity index (χ3n) is 6.45. The number of fused-ring (bicyclic) bond motifs is 1. The number of benzene rings is 2. The quantitative estimate of drug-likeness (QED) is 0.813. The zero-order valence-corrected chi connectivity index (χ0v) is 16.8. The monoisotopic (exact) mass is 377 g/mol. The van der Waals surface area contributed by atoms with Crippen molar-refractivity contribution in [3.63, 3.8) is 0 Å². The summed E-state index contributed by atoms with van der Waals surface area (Å²) in [5, 5.41) is 6.78. The van der Waals surface area contributed by atoms with Crippen molar-refractivity contribution in [2.45, 2.75) is 43.7 Å². The van der Waals surface area contributed by atoms with Crippen LogP contribution in [0.1, 0.15) is 29.5 Å². The summed E-state index contributed by atoms with van der Waals surface area (Å²) in [6, 6.07) is 19.3. The second kappa shape index (κ2) is 8.46. The number of piperidine rings is 1. The molecule has 1 heterocycles. The summed E-state index contributed by atoms with van der Waals surface area (Å²) >= 11 is 0. The Bertz CT molecular complexity index is 774. The third kappa shape index (κ3) is 3.98. The Morgan fingerprint density at radius 3 is 2.43 bits per heavy atom. The van der Waals surface area contributed by atoms with Gasteiger partial charge in [-0.05, 0) is 49.5 Å². The van der Waals surface area contributed by atoms with Crippen LogP contribution in [0.5, 0.6) is 0 Å². The number of nitrogens with one attached hydrogen (secondary N) is 2. The molecule has 2 aromatic rings.